The van der Waals surface area contributed by atoms with E-state index in [-0.39, 0.29) is 5.82 Å². The third-order valence-corrected chi connectivity index (χ3v) is 6.36. The maximum atomic E-state index is 14.8. The fraction of sp³-hybridized carbons (Fsp3) is 0.261. The van der Waals surface area contributed by atoms with Gasteiger partial charge in [-0.2, -0.15) is 0 Å². The standard InChI is InChI=1S/C23H20ClFN6/c24-14-1-4-19(25)18(11-14)22-28-20-5-6-21(30-12-15-2-3-16(13-30)27-15)29-23(20)31(22)17-7-9-26-10-8-17/h1,4-11,15-16,27H,2-3,12-13H2/t15-,16+. The lowest BCUT2D eigenvalue weighted by Crippen LogP contribution is -2.51. The predicted molar refractivity (Wildman–Crippen MR) is 119 cm³/mol. The van der Waals surface area contributed by atoms with Crippen LogP contribution in [-0.2, 0) is 0 Å². The molecule has 5 heterocycles. The number of nitrogens with one attached hydrogen (secondary N) is 1. The molecule has 1 N–H and O–H groups in total. The smallest absolute Gasteiger partial charge is 0.167 e. The van der Waals surface area contributed by atoms with E-state index in [2.05, 4.69) is 15.2 Å². The van der Waals surface area contributed by atoms with E-state index in [4.69, 9.17) is 21.6 Å². The van der Waals surface area contributed by atoms with Gasteiger partial charge in [-0.3, -0.25) is 9.55 Å². The molecule has 0 spiro atoms. The average molecular weight is 435 g/mol. The van der Waals surface area contributed by atoms with Crippen molar-refractivity contribution in [2.75, 3.05) is 18.0 Å². The Hall–Kier alpha value is -3.03. The fourth-order valence-electron chi connectivity index (χ4n) is 4.69. The Morgan fingerprint density at radius 1 is 0.968 bits per heavy atom. The highest BCUT2D eigenvalue weighted by Gasteiger charge is 2.33. The molecule has 156 valence electrons. The van der Waals surface area contributed by atoms with Gasteiger partial charge >= 0.3 is 0 Å². The summed E-state index contributed by atoms with van der Waals surface area (Å²) in [5, 5.41) is 4.11. The van der Waals surface area contributed by atoms with E-state index in [9.17, 15) is 4.39 Å². The molecule has 3 aromatic heterocycles. The van der Waals surface area contributed by atoms with Gasteiger partial charge in [0.1, 0.15) is 23.0 Å². The Balaban J connectivity index is 1.55. The van der Waals surface area contributed by atoms with E-state index in [0.717, 1.165) is 24.6 Å². The van der Waals surface area contributed by atoms with Crippen LogP contribution in [0, 0.1) is 5.82 Å². The molecule has 2 fully saturated rings. The van der Waals surface area contributed by atoms with Gasteiger partial charge in [-0.25, -0.2) is 14.4 Å². The first-order chi connectivity index (χ1) is 15.2. The second-order valence-electron chi connectivity index (χ2n) is 8.16. The summed E-state index contributed by atoms with van der Waals surface area (Å²) in [6.07, 6.45) is 5.82. The number of imidazole rings is 1. The van der Waals surface area contributed by atoms with Gasteiger partial charge in [0.2, 0.25) is 0 Å². The Labute approximate surface area is 183 Å². The summed E-state index contributed by atoms with van der Waals surface area (Å²) in [7, 11) is 0. The first-order valence-corrected chi connectivity index (χ1v) is 10.8. The van der Waals surface area contributed by atoms with Crippen LogP contribution in [-0.4, -0.2) is 44.7 Å². The molecule has 31 heavy (non-hydrogen) atoms. The molecule has 0 unspecified atom stereocenters. The highest BCUT2D eigenvalue weighted by molar-refractivity contribution is 6.30. The third-order valence-electron chi connectivity index (χ3n) is 6.12. The van der Waals surface area contributed by atoms with Crippen molar-refractivity contribution < 1.29 is 4.39 Å². The molecule has 6 nitrogen and oxygen atoms in total. The van der Waals surface area contributed by atoms with Crippen LogP contribution in [0.5, 0.6) is 0 Å². The van der Waals surface area contributed by atoms with Crippen molar-refractivity contribution in [2.24, 2.45) is 0 Å². The Morgan fingerprint density at radius 2 is 1.74 bits per heavy atom. The van der Waals surface area contributed by atoms with E-state index in [1.807, 2.05) is 28.8 Å². The first-order valence-electron chi connectivity index (χ1n) is 10.4. The van der Waals surface area contributed by atoms with Gasteiger partial charge < -0.3 is 10.2 Å². The lowest BCUT2D eigenvalue weighted by molar-refractivity contribution is 0.463. The first kappa shape index (κ1) is 18.7. The minimum absolute atomic E-state index is 0.337. The van der Waals surface area contributed by atoms with E-state index in [1.165, 1.54) is 25.0 Å². The summed E-state index contributed by atoms with van der Waals surface area (Å²) in [4.78, 5) is 16.2. The summed E-state index contributed by atoms with van der Waals surface area (Å²) >= 11 is 6.18. The van der Waals surface area contributed by atoms with E-state index in [1.54, 1.807) is 18.5 Å². The van der Waals surface area contributed by atoms with Gasteiger partial charge in [-0.05, 0) is 55.3 Å². The minimum atomic E-state index is -0.381. The summed E-state index contributed by atoms with van der Waals surface area (Å²) in [5.74, 6) is 0.999. The van der Waals surface area contributed by atoms with E-state index in [0.29, 0.717) is 39.7 Å². The normalized spacial score (nSPS) is 20.5. The van der Waals surface area contributed by atoms with Crippen LogP contribution in [0.4, 0.5) is 10.2 Å². The van der Waals surface area contributed by atoms with Crippen molar-refractivity contribution in [3.8, 4) is 17.1 Å². The van der Waals surface area contributed by atoms with Crippen LogP contribution in [0.15, 0.2) is 54.9 Å². The number of nitrogens with zero attached hydrogens (tertiary/aromatic N) is 5. The molecule has 2 aliphatic heterocycles. The van der Waals surface area contributed by atoms with Crippen molar-refractivity contribution in [3.63, 3.8) is 0 Å². The molecule has 2 saturated heterocycles. The molecule has 2 aliphatic rings. The van der Waals surface area contributed by atoms with Gasteiger partial charge in [-0.15, -0.1) is 0 Å². The molecule has 8 heteroatoms. The highest BCUT2D eigenvalue weighted by Crippen LogP contribution is 2.32. The number of halogens is 2. The number of pyridine rings is 2. The Bertz CT molecular complexity index is 1260. The van der Waals surface area contributed by atoms with E-state index >= 15 is 0 Å². The van der Waals surface area contributed by atoms with Crippen LogP contribution < -0.4 is 10.2 Å². The van der Waals surface area contributed by atoms with Crippen molar-refractivity contribution in [2.45, 2.75) is 24.9 Å². The SMILES string of the molecule is Fc1ccc(Cl)cc1-c1nc2ccc(N3C[C@H]4CC[C@@H](C3)N4)nc2n1-c1ccncc1. The quantitative estimate of drug-likeness (QED) is 0.523. The van der Waals surface area contributed by atoms with Crippen LogP contribution in [0.1, 0.15) is 12.8 Å². The molecule has 0 radical (unpaired) electrons. The number of piperazine rings is 1. The number of anilines is 1. The zero-order valence-electron chi connectivity index (χ0n) is 16.7. The highest BCUT2D eigenvalue weighted by atomic mass is 35.5. The van der Waals surface area contributed by atoms with Crippen LogP contribution in [0.25, 0.3) is 28.2 Å². The Kier molecular flexibility index (Phi) is 4.40. The summed E-state index contributed by atoms with van der Waals surface area (Å²) < 4.78 is 16.7. The van der Waals surface area contributed by atoms with Gasteiger partial charge in [0.15, 0.2) is 5.65 Å². The maximum absolute atomic E-state index is 14.8. The number of benzene rings is 1. The van der Waals surface area contributed by atoms with Crippen LogP contribution in [0.2, 0.25) is 5.02 Å². The number of hydrogen-bond donors (Lipinski definition) is 1. The monoisotopic (exact) mass is 434 g/mol. The molecule has 6 rings (SSSR count). The summed E-state index contributed by atoms with van der Waals surface area (Å²) in [6, 6.07) is 13.2. The second-order valence-corrected chi connectivity index (χ2v) is 8.59. The molecule has 1 aromatic carbocycles. The molecule has 2 bridgehead atoms. The van der Waals surface area contributed by atoms with Gasteiger partial charge in [0.25, 0.3) is 0 Å². The summed E-state index contributed by atoms with van der Waals surface area (Å²) in [6.45, 7) is 1.88. The molecule has 0 amide bonds. The number of rotatable bonds is 3. The van der Waals surface area contributed by atoms with Crippen molar-refractivity contribution in [1.29, 1.82) is 0 Å². The maximum Gasteiger partial charge on any atom is 0.167 e. The van der Waals surface area contributed by atoms with E-state index < -0.39 is 0 Å². The van der Waals surface area contributed by atoms with Gasteiger partial charge in [-0.1, -0.05) is 11.6 Å². The van der Waals surface area contributed by atoms with Crippen LogP contribution >= 0.6 is 11.6 Å². The largest absolute Gasteiger partial charge is 0.353 e. The predicted octanol–water partition coefficient (Wildman–Crippen LogP) is 4.22. The Morgan fingerprint density at radius 3 is 2.52 bits per heavy atom. The van der Waals surface area contributed by atoms with Crippen molar-refractivity contribution >= 4 is 28.6 Å². The van der Waals surface area contributed by atoms with Crippen molar-refractivity contribution in [1.82, 2.24) is 24.8 Å². The molecule has 2 atom stereocenters. The fourth-order valence-corrected chi connectivity index (χ4v) is 4.87. The molecule has 0 aliphatic carbocycles. The molecule has 0 saturated carbocycles. The topological polar surface area (TPSA) is 58.9 Å². The van der Waals surface area contributed by atoms with Gasteiger partial charge in [0.05, 0.1) is 11.3 Å². The lowest BCUT2D eigenvalue weighted by Gasteiger charge is -2.33. The van der Waals surface area contributed by atoms with Gasteiger partial charge in [0, 0.05) is 42.6 Å². The second kappa shape index (κ2) is 7.28. The van der Waals surface area contributed by atoms with Crippen molar-refractivity contribution in [3.05, 3.63) is 65.7 Å². The molecular formula is C23H20ClFN6. The molecular weight excluding hydrogens is 415 g/mol. The minimum Gasteiger partial charge on any atom is -0.353 e. The molecule has 4 aromatic rings. The zero-order chi connectivity index (χ0) is 20.9. The number of hydrogen-bond acceptors (Lipinski definition) is 5. The number of fused-ring (bicyclic) bond motifs is 3. The van der Waals surface area contributed by atoms with Crippen LogP contribution in [0.3, 0.4) is 0 Å². The lowest BCUT2D eigenvalue weighted by atomic mass is 10.2. The summed E-state index contributed by atoms with van der Waals surface area (Å²) in [5.41, 5.74) is 2.54. The third kappa shape index (κ3) is 3.25. The zero-order valence-corrected chi connectivity index (χ0v) is 17.4. The average Bonchev–Trinajstić information content (AvgIpc) is 3.34. The number of aromatic nitrogens is 4.